The van der Waals surface area contributed by atoms with E-state index in [1.165, 1.54) is 6.92 Å². The number of aliphatic hydroxyl groups excluding tert-OH is 1. The SMILES string of the molecule is CC(=O)ON[C@H](C=O)CO. The highest BCUT2D eigenvalue weighted by Crippen LogP contribution is 1.76. The molecular weight excluding hydrogens is 138 g/mol. The number of carbonyl (C=O) groups is 2. The molecule has 10 heavy (non-hydrogen) atoms. The summed E-state index contributed by atoms with van der Waals surface area (Å²) >= 11 is 0. The molecule has 0 heterocycles. The minimum Gasteiger partial charge on any atom is -0.394 e. The Labute approximate surface area is 57.9 Å². The molecule has 0 spiro atoms. The topological polar surface area (TPSA) is 75.6 Å². The van der Waals surface area contributed by atoms with Crippen LogP contribution >= 0.6 is 0 Å². The van der Waals surface area contributed by atoms with E-state index in [1.54, 1.807) is 0 Å². The summed E-state index contributed by atoms with van der Waals surface area (Å²) < 4.78 is 0. The molecule has 0 aliphatic heterocycles. The van der Waals surface area contributed by atoms with Gasteiger partial charge in [-0.1, -0.05) is 0 Å². The van der Waals surface area contributed by atoms with E-state index in [1.807, 2.05) is 0 Å². The summed E-state index contributed by atoms with van der Waals surface area (Å²) in [6, 6.07) is -0.830. The van der Waals surface area contributed by atoms with Crippen molar-refractivity contribution in [3.8, 4) is 0 Å². The Morgan fingerprint density at radius 2 is 2.50 bits per heavy atom. The van der Waals surface area contributed by atoms with Crippen molar-refractivity contribution in [1.29, 1.82) is 0 Å². The minimum absolute atomic E-state index is 0.392. The number of hydrogen-bond acceptors (Lipinski definition) is 5. The third kappa shape index (κ3) is 3.99. The van der Waals surface area contributed by atoms with E-state index in [9.17, 15) is 9.59 Å². The second-order valence-electron chi connectivity index (χ2n) is 1.64. The predicted molar refractivity (Wildman–Crippen MR) is 31.8 cm³/mol. The lowest BCUT2D eigenvalue weighted by Crippen LogP contribution is -2.35. The summed E-state index contributed by atoms with van der Waals surface area (Å²) in [6.45, 7) is 0.795. The molecule has 0 saturated heterocycles. The summed E-state index contributed by atoms with van der Waals surface area (Å²) in [5, 5.41) is 8.35. The van der Waals surface area contributed by atoms with Gasteiger partial charge in [0, 0.05) is 6.92 Å². The molecular formula is C5H9NO4. The van der Waals surface area contributed by atoms with E-state index in [0.717, 1.165) is 0 Å². The van der Waals surface area contributed by atoms with E-state index >= 15 is 0 Å². The van der Waals surface area contributed by atoms with Crippen LogP contribution in [0.4, 0.5) is 0 Å². The zero-order valence-electron chi connectivity index (χ0n) is 5.53. The molecule has 58 valence electrons. The van der Waals surface area contributed by atoms with Crippen molar-refractivity contribution < 1.29 is 19.5 Å². The van der Waals surface area contributed by atoms with Gasteiger partial charge in [0.25, 0.3) is 0 Å². The van der Waals surface area contributed by atoms with Crippen LogP contribution in [-0.4, -0.2) is 30.0 Å². The first kappa shape index (κ1) is 9.06. The minimum atomic E-state index is -0.830. The lowest BCUT2D eigenvalue weighted by atomic mass is 10.4. The Morgan fingerprint density at radius 1 is 1.90 bits per heavy atom. The van der Waals surface area contributed by atoms with E-state index in [2.05, 4.69) is 10.3 Å². The average Bonchev–Trinajstić information content (AvgIpc) is 1.90. The molecule has 0 aliphatic rings. The summed E-state index contributed by atoms with van der Waals surface area (Å²) in [5.41, 5.74) is 2.05. The molecule has 1 atom stereocenters. The highest BCUT2D eigenvalue weighted by Gasteiger charge is 2.04. The smallest absolute Gasteiger partial charge is 0.321 e. The van der Waals surface area contributed by atoms with Gasteiger partial charge >= 0.3 is 5.97 Å². The van der Waals surface area contributed by atoms with Gasteiger partial charge in [-0.15, -0.1) is 5.48 Å². The number of carbonyl (C=O) groups excluding carboxylic acids is 2. The normalized spacial score (nSPS) is 12.2. The first-order valence-electron chi connectivity index (χ1n) is 2.69. The van der Waals surface area contributed by atoms with Crippen molar-refractivity contribution in [2.75, 3.05) is 6.61 Å². The average molecular weight is 147 g/mol. The summed E-state index contributed by atoms with van der Waals surface area (Å²) in [5.74, 6) is -0.555. The third-order valence-corrected chi connectivity index (χ3v) is 0.715. The maximum atomic E-state index is 10.1. The highest BCUT2D eigenvalue weighted by atomic mass is 16.7. The quantitative estimate of drug-likeness (QED) is 0.378. The number of rotatable bonds is 4. The molecule has 5 heteroatoms. The Balaban J connectivity index is 3.44. The van der Waals surface area contributed by atoms with E-state index in [4.69, 9.17) is 5.11 Å². The van der Waals surface area contributed by atoms with Crippen molar-refractivity contribution in [3.05, 3.63) is 0 Å². The van der Waals surface area contributed by atoms with E-state index in [-0.39, 0.29) is 0 Å². The second kappa shape index (κ2) is 4.89. The second-order valence-corrected chi connectivity index (χ2v) is 1.64. The number of nitrogens with one attached hydrogen (secondary N) is 1. The standard InChI is InChI=1S/C5H9NO4/c1-4(9)10-6-5(2-7)3-8/h2,5-6,8H,3H2,1H3/t5-/m1/s1. The molecule has 0 unspecified atom stereocenters. The van der Waals surface area contributed by atoms with Gasteiger partial charge in [-0.3, -0.25) is 4.79 Å². The van der Waals surface area contributed by atoms with E-state index < -0.39 is 18.6 Å². The zero-order valence-corrected chi connectivity index (χ0v) is 5.53. The molecule has 0 radical (unpaired) electrons. The van der Waals surface area contributed by atoms with Gasteiger partial charge in [0.05, 0.1) is 6.61 Å². The number of hydrogen-bond donors (Lipinski definition) is 2. The molecule has 0 amide bonds. The van der Waals surface area contributed by atoms with Crippen LogP contribution in [-0.2, 0) is 14.4 Å². The Morgan fingerprint density at radius 3 is 2.80 bits per heavy atom. The molecule has 0 aromatic rings. The summed E-state index contributed by atoms with van der Waals surface area (Å²) in [4.78, 5) is 24.2. The lowest BCUT2D eigenvalue weighted by molar-refractivity contribution is -0.151. The third-order valence-electron chi connectivity index (χ3n) is 0.715. The van der Waals surface area contributed by atoms with Gasteiger partial charge in [-0.2, -0.15) is 0 Å². The van der Waals surface area contributed by atoms with Gasteiger partial charge in [0.1, 0.15) is 12.3 Å². The molecule has 0 aromatic carbocycles. The molecule has 5 nitrogen and oxygen atoms in total. The van der Waals surface area contributed by atoms with Crippen molar-refractivity contribution >= 4 is 12.3 Å². The van der Waals surface area contributed by atoms with Gasteiger partial charge in [-0.25, -0.2) is 0 Å². The molecule has 0 saturated carbocycles. The van der Waals surface area contributed by atoms with Crippen LogP contribution in [0.3, 0.4) is 0 Å². The fraction of sp³-hybridized carbons (Fsp3) is 0.600. The van der Waals surface area contributed by atoms with Crippen LogP contribution in [0, 0.1) is 0 Å². The first-order valence-corrected chi connectivity index (χ1v) is 2.69. The molecule has 2 N–H and O–H groups in total. The van der Waals surface area contributed by atoms with E-state index in [0.29, 0.717) is 6.29 Å². The molecule has 0 aliphatic carbocycles. The van der Waals surface area contributed by atoms with Crippen LogP contribution in [0.5, 0.6) is 0 Å². The maximum Gasteiger partial charge on any atom is 0.321 e. The number of aldehydes is 1. The monoisotopic (exact) mass is 147 g/mol. The van der Waals surface area contributed by atoms with Gasteiger partial charge in [0.15, 0.2) is 0 Å². The van der Waals surface area contributed by atoms with Crippen molar-refractivity contribution in [1.82, 2.24) is 5.48 Å². The fourth-order valence-electron chi connectivity index (χ4n) is 0.267. The lowest BCUT2D eigenvalue weighted by Gasteiger charge is -2.06. The van der Waals surface area contributed by atoms with Crippen molar-refractivity contribution in [2.24, 2.45) is 0 Å². The first-order chi connectivity index (χ1) is 4.70. The number of hydroxylamine groups is 1. The van der Waals surface area contributed by atoms with Crippen molar-refractivity contribution in [3.63, 3.8) is 0 Å². The summed E-state index contributed by atoms with van der Waals surface area (Å²) in [6.07, 6.45) is 0.447. The fourth-order valence-corrected chi connectivity index (χ4v) is 0.267. The van der Waals surface area contributed by atoms with Crippen LogP contribution in [0.15, 0.2) is 0 Å². The largest absolute Gasteiger partial charge is 0.394 e. The van der Waals surface area contributed by atoms with Crippen molar-refractivity contribution in [2.45, 2.75) is 13.0 Å². The van der Waals surface area contributed by atoms with Gasteiger partial charge < -0.3 is 14.7 Å². The highest BCUT2D eigenvalue weighted by molar-refractivity contribution is 5.66. The Hall–Kier alpha value is -0.940. The Bertz CT molecular complexity index is 125. The van der Waals surface area contributed by atoms with Gasteiger partial charge in [-0.05, 0) is 0 Å². The maximum absolute atomic E-state index is 10.1. The predicted octanol–water partition coefficient (Wildman–Crippen LogP) is -1.39. The number of aliphatic hydroxyl groups is 1. The molecule has 0 aromatic heterocycles. The van der Waals surface area contributed by atoms with Crippen LogP contribution in [0.25, 0.3) is 0 Å². The molecule has 0 bridgehead atoms. The zero-order chi connectivity index (χ0) is 7.98. The van der Waals surface area contributed by atoms with Crippen LogP contribution < -0.4 is 5.48 Å². The van der Waals surface area contributed by atoms with Gasteiger partial charge in [0.2, 0.25) is 0 Å². The molecule has 0 rings (SSSR count). The van der Waals surface area contributed by atoms with Crippen LogP contribution in [0.2, 0.25) is 0 Å². The Kier molecular flexibility index (Phi) is 4.43. The molecule has 0 fully saturated rings. The van der Waals surface area contributed by atoms with Crippen LogP contribution in [0.1, 0.15) is 6.92 Å². The summed E-state index contributed by atoms with van der Waals surface area (Å²) in [7, 11) is 0.